The summed E-state index contributed by atoms with van der Waals surface area (Å²) in [5.41, 5.74) is 12.0. The lowest BCUT2D eigenvalue weighted by Gasteiger charge is -2.45. The number of Topliss-reactive ketones (excluding diaryl/α,β-unsaturated/α-hetero) is 4. The molecule has 0 spiro atoms. The molecule has 0 radical (unpaired) electrons. The maximum Gasteiger partial charge on any atom is 0.192 e. The zero-order valence-electron chi connectivity index (χ0n) is 34.2. The van der Waals surface area contributed by atoms with Gasteiger partial charge in [0.15, 0.2) is 23.1 Å². The molecule has 6 nitrogen and oxygen atoms in total. The third-order valence-corrected chi connectivity index (χ3v) is 13.4. The van der Waals surface area contributed by atoms with E-state index in [1.807, 2.05) is 133 Å². The standard InChI is InChI=1S/C54H44N2O4/c1-53(2)27-39-45(41(57)29-53)43(47-49(55(39)33-15-7-5-8-16-33)35-19-11-13-21-37(35)51(47)59)31-23-25-32(26-24-31)44-46-40(28-54(3,4)30-42(46)58)56(34-17-9-6-10-18-34)50-36-20-12-14-22-38(36)52(60)48(44)50/h5-26,43-44H,27-30H2,1-4H3. The summed E-state index contributed by atoms with van der Waals surface area (Å²) >= 11 is 0. The minimum absolute atomic E-state index is 0.0502. The third-order valence-electron chi connectivity index (χ3n) is 13.4. The first-order valence-corrected chi connectivity index (χ1v) is 21.0. The lowest BCUT2D eigenvalue weighted by atomic mass is 9.67. The van der Waals surface area contributed by atoms with Crippen molar-refractivity contribution < 1.29 is 19.2 Å². The molecule has 0 fully saturated rings. The fourth-order valence-electron chi connectivity index (χ4n) is 11.1. The lowest BCUT2D eigenvalue weighted by Crippen LogP contribution is -2.39. The first-order valence-electron chi connectivity index (χ1n) is 21.0. The zero-order valence-corrected chi connectivity index (χ0v) is 34.2. The molecule has 5 aromatic carbocycles. The van der Waals surface area contributed by atoms with Crippen LogP contribution in [0.2, 0.25) is 0 Å². The molecule has 2 unspecified atom stereocenters. The van der Waals surface area contributed by atoms with Crippen molar-refractivity contribution in [2.24, 2.45) is 10.8 Å². The van der Waals surface area contributed by atoms with Crippen LogP contribution in [0.25, 0.3) is 11.4 Å². The quantitative estimate of drug-likeness (QED) is 0.181. The number of benzene rings is 5. The fraction of sp³-hybridized carbons (Fsp3) is 0.222. The Morgan fingerprint density at radius 3 is 1.10 bits per heavy atom. The number of para-hydroxylation sites is 2. The van der Waals surface area contributed by atoms with Crippen molar-refractivity contribution in [3.8, 4) is 0 Å². The van der Waals surface area contributed by atoms with E-state index >= 15 is 0 Å². The molecule has 294 valence electrons. The second kappa shape index (κ2) is 12.9. The van der Waals surface area contributed by atoms with Crippen LogP contribution in [-0.2, 0) is 9.59 Å². The number of ketones is 4. The smallest absolute Gasteiger partial charge is 0.192 e. The Kier molecular flexibility index (Phi) is 7.84. The lowest BCUT2D eigenvalue weighted by molar-refractivity contribution is -0.119. The molecule has 60 heavy (non-hydrogen) atoms. The number of fused-ring (bicyclic) bond motifs is 4. The summed E-state index contributed by atoms with van der Waals surface area (Å²) in [4.78, 5) is 63.2. The number of anilines is 2. The highest BCUT2D eigenvalue weighted by atomic mass is 16.1. The topological polar surface area (TPSA) is 74.8 Å². The predicted octanol–water partition coefficient (Wildman–Crippen LogP) is 11.4. The molecule has 6 heteroatoms. The zero-order chi connectivity index (χ0) is 41.2. The van der Waals surface area contributed by atoms with Gasteiger partial charge in [0, 0.05) is 92.0 Å². The molecule has 2 heterocycles. The summed E-state index contributed by atoms with van der Waals surface area (Å²) in [5.74, 6) is -1.22. The van der Waals surface area contributed by atoms with Gasteiger partial charge in [-0.1, -0.05) is 137 Å². The van der Waals surface area contributed by atoms with Crippen molar-refractivity contribution in [3.05, 3.63) is 201 Å². The minimum atomic E-state index is -0.591. The number of hydrogen-bond donors (Lipinski definition) is 0. The molecule has 6 aliphatic rings. The molecule has 2 atom stereocenters. The van der Waals surface area contributed by atoms with Crippen molar-refractivity contribution in [1.29, 1.82) is 0 Å². The Labute approximate surface area is 350 Å². The van der Waals surface area contributed by atoms with Crippen molar-refractivity contribution in [3.63, 3.8) is 0 Å². The largest absolute Gasteiger partial charge is 0.313 e. The van der Waals surface area contributed by atoms with Gasteiger partial charge in [-0.25, -0.2) is 0 Å². The number of hydrogen-bond acceptors (Lipinski definition) is 6. The summed E-state index contributed by atoms with van der Waals surface area (Å²) in [6, 6.07) is 43.8. The monoisotopic (exact) mass is 784 g/mol. The van der Waals surface area contributed by atoms with Gasteiger partial charge in [-0.05, 0) is 59.1 Å². The van der Waals surface area contributed by atoms with Crippen molar-refractivity contribution in [2.45, 2.75) is 65.2 Å². The fourth-order valence-corrected chi connectivity index (χ4v) is 11.1. The van der Waals surface area contributed by atoms with Crippen LogP contribution >= 0.6 is 0 Å². The summed E-state index contributed by atoms with van der Waals surface area (Å²) in [5, 5.41) is 0. The van der Waals surface area contributed by atoms with Gasteiger partial charge in [-0.2, -0.15) is 0 Å². The molecule has 5 aromatic rings. The minimum Gasteiger partial charge on any atom is -0.313 e. The molecule has 4 aliphatic carbocycles. The molecule has 0 bridgehead atoms. The normalized spacial score (nSPS) is 22.5. The number of nitrogens with zero attached hydrogens (tertiary/aromatic N) is 2. The van der Waals surface area contributed by atoms with Crippen LogP contribution in [-0.4, -0.2) is 23.1 Å². The average molecular weight is 785 g/mol. The average Bonchev–Trinajstić information content (AvgIpc) is 3.69. The van der Waals surface area contributed by atoms with Gasteiger partial charge < -0.3 is 9.80 Å². The first-order chi connectivity index (χ1) is 28.9. The molecule has 0 amide bonds. The highest BCUT2D eigenvalue weighted by molar-refractivity contribution is 6.27. The van der Waals surface area contributed by atoms with Crippen molar-refractivity contribution in [1.82, 2.24) is 0 Å². The molecule has 0 saturated heterocycles. The predicted molar refractivity (Wildman–Crippen MR) is 235 cm³/mol. The van der Waals surface area contributed by atoms with Gasteiger partial charge in [0.1, 0.15) is 0 Å². The van der Waals surface area contributed by atoms with Crippen molar-refractivity contribution >= 4 is 45.9 Å². The van der Waals surface area contributed by atoms with Gasteiger partial charge in [-0.3, -0.25) is 19.2 Å². The third kappa shape index (κ3) is 5.26. The van der Waals surface area contributed by atoms with E-state index in [0.29, 0.717) is 59.1 Å². The first kappa shape index (κ1) is 36.4. The maximum atomic E-state index is 14.8. The number of carbonyl (C=O) groups is 4. The van der Waals surface area contributed by atoms with E-state index in [1.165, 1.54) is 0 Å². The van der Waals surface area contributed by atoms with Crippen LogP contribution in [0.4, 0.5) is 11.4 Å². The number of rotatable bonds is 4. The number of allylic oxidation sites excluding steroid dienone is 6. The van der Waals surface area contributed by atoms with Crippen LogP contribution in [0, 0.1) is 10.8 Å². The maximum absolute atomic E-state index is 14.8. The van der Waals surface area contributed by atoms with E-state index < -0.39 is 11.8 Å². The van der Waals surface area contributed by atoms with Crippen LogP contribution in [0.5, 0.6) is 0 Å². The molecule has 0 saturated carbocycles. The Morgan fingerprint density at radius 2 is 0.733 bits per heavy atom. The van der Waals surface area contributed by atoms with E-state index in [0.717, 1.165) is 56.4 Å². The van der Waals surface area contributed by atoms with Crippen molar-refractivity contribution in [2.75, 3.05) is 9.80 Å². The van der Waals surface area contributed by atoms with Gasteiger partial charge in [0.05, 0.1) is 11.4 Å². The summed E-state index contributed by atoms with van der Waals surface area (Å²) in [6.07, 6.45) is 2.09. The Balaban J connectivity index is 1.11. The van der Waals surface area contributed by atoms with E-state index in [2.05, 4.69) is 37.5 Å². The molecular formula is C54H44N2O4. The molecule has 0 N–H and O–H groups in total. The van der Waals surface area contributed by atoms with E-state index in [4.69, 9.17) is 0 Å². The van der Waals surface area contributed by atoms with Crippen LogP contribution in [0.15, 0.2) is 167 Å². The summed E-state index contributed by atoms with van der Waals surface area (Å²) < 4.78 is 0. The molecular weight excluding hydrogens is 741 g/mol. The summed E-state index contributed by atoms with van der Waals surface area (Å²) in [6.45, 7) is 8.57. The summed E-state index contributed by atoms with van der Waals surface area (Å²) in [7, 11) is 0. The molecule has 11 rings (SSSR count). The van der Waals surface area contributed by atoms with Crippen LogP contribution in [0.3, 0.4) is 0 Å². The second-order valence-electron chi connectivity index (χ2n) is 18.8. The van der Waals surface area contributed by atoms with E-state index in [-0.39, 0.29) is 34.0 Å². The molecule has 2 aliphatic heterocycles. The van der Waals surface area contributed by atoms with Gasteiger partial charge in [-0.15, -0.1) is 0 Å². The Morgan fingerprint density at radius 1 is 0.400 bits per heavy atom. The Hall–Kier alpha value is -6.66. The second-order valence-corrected chi connectivity index (χ2v) is 18.8. The Bertz CT molecular complexity index is 2690. The van der Waals surface area contributed by atoms with Gasteiger partial charge in [0.2, 0.25) is 0 Å². The van der Waals surface area contributed by atoms with Crippen LogP contribution < -0.4 is 9.80 Å². The van der Waals surface area contributed by atoms with E-state index in [9.17, 15) is 19.2 Å². The SMILES string of the molecule is CC1(C)CC(=O)C2=C(C1)N(c1ccccc1)C1=C(C(=O)c3ccccc31)C2c1ccc(C2C3=C(CC(C)(C)CC3=O)N(c3ccccc3)C3=C2C(=O)c2ccccc23)cc1. The van der Waals surface area contributed by atoms with E-state index in [1.54, 1.807) is 0 Å². The van der Waals surface area contributed by atoms with Gasteiger partial charge >= 0.3 is 0 Å². The molecule has 0 aromatic heterocycles. The highest BCUT2D eigenvalue weighted by Gasteiger charge is 2.52. The highest BCUT2D eigenvalue weighted by Crippen LogP contribution is 2.58. The van der Waals surface area contributed by atoms with Crippen LogP contribution in [0.1, 0.15) is 108 Å². The van der Waals surface area contributed by atoms with Gasteiger partial charge in [0.25, 0.3) is 0 Å². The number of carbonyl (C=O) groups excluding carboxylic acids is 4.